The number of carbonyl (C=O) groups excluding carboxylic acids is 1. The molecule has 0 radical (unpaired) electrons. The molecule has 0 bridgehead atoms. The average Bonchev–Trinajstić information content (AvgIpc) is 3.02. The van der Waals surface area contributed by atoms with E-state index < -0.39 is 0 Å². The fourth-order valence-electron chi connectivity index (χ4n) is 1.60. The molecule has 0 unspecified atom stereocenters. The van der Waals surface area contributed by atoms with E-state index in [0.717, 1.165) is 10.2 Å². The van der Waals surface area contributed by atoms with E-state index in [1.807, 2.05) is 0 Å². The van der Waals surface area contributed by atoms with Crippen LogP contribution in [0.1, 0.15) is 16.2 Å². The predicted octanol–water partition coefficient (Wildman–Crippen LogP) is 0.322. The van der Waals surface area contributed by atoms with Crippen molar-refractivity contribution < 1.29 is 4.79 Å². The second kappa shape index (κ2) is 4.61. The minimum Gasteiger partial charge on any atom is -0.375 e. The van der Waals surface area contributed by atoms with E-state index in [9.17, 15) is 4.79 Å². The maximum Gasteiger partial charge on any atom is 0.251 e. The number of thiazole rings is 1. The number of benzene rings is 1. The van der Waals surface area contributed by atoms with Gasteiger partial charge >= 0.3 is 0 Å². The molecule has 9 heteroatoms. The zero-order valence-electron chi connectivity index (χ0n) is 9.62. The van der Waals surface area contributed by atoms with Crippen LogP contribution in [0, 0.1) is 0 Å². The summed E-state index contributed by atoms with van der Waals surface area (Å²) >= 11 is 1.35. The summed E-state index contributed by atoms with van der Waals surface area (Å²) < 4.78 is 0.879. The zero-order valence-corrected chi connectivity index (χ0v) is 10.4. The van der Waals surface area contributed by atoms with Crippen molar-refractivity contribution in [3.8, 4) is 0 Å². The van der Waals surface area contributed by atoms with Crippen molar-refractivity contribution in [2.45, 2.75) is 6.54 Å². The van der Waals surface area contributed by atoms with Crippen LogP contribution < -0.4 is 11.1 Å². The summed E-state index contributed by atoms with van der Waals surface area (Å²) in [7, 11) is 0. The van der Waals surface area contributed by atoms with Gasteiger partial charge in [-0.25, -0.2) is 4.98 Å². The van der Waals surface area contributed by atoms with Gasteiger partial charge in [-0.15, -0.1) is 10.2 Å². The summed E-state index contributed by atoms with van der Waals surface area (Å²) in [4.78, 5) is 16.1. The minimum absolute atomic E-state index is 0.210. The number of aromatic amines is 1. The highest BCUT2D eigenvalue weighted by Crippen LogP contribution is 2.24. The molecule has 3 rings (SSSR count). The molecule has 0 aliphatic rings. The van der Waals surface area contributed by atoms with E-state index >= 15 is 0 Å². The highest BCUT2D eigenvalue weighted by Gasteiger charge is 2.09. The lowest BCUT2D eigenvalue weighted by molar-refractivity contribution is 0.0950. The Kier molecular flexibility index (Phi) is 2.80. The van der Waals surface area contributed by atoms with Gasteiger partial charge in [0.1, 0.15) is 0 Å². The maximum absolute atomic E-state index is 11.9. The van der Waals surface area contributed by atoms with E-state index in [4.69, 9.17) is 5.73 Å². The van der Waals surface area contributed by atoms with Gasteiger partial charge in [0.25, 0.3) is 5.91 Å². The van der Waals surface area contributed by atoms with Crippen molar-refractivity contribution in [3.05, 3.63) is 29.6 Å². The Hall–Kier alpha value is -2.55. The van der Waals surface area contributed by atoms with Crippen LogP contribution in [0.2, 0.25) is 0 Å². The molecule has 0 aliphatic heterocycles. The van der Waals surface area contributed by atoms with Crippen LogP contribution in [-0.4, -0.2) is 31.5 Å². The number of hydrogen-bond donors (Lipinski definition) is 3. The lowest BCUT2D eigenvalue weighted by Gasteiger charge is -2.02. The molecule has 2 aromatic heterocycles. The molecule has 1 amide bonds. The number of amides is 1. The molecule has 0 aliphatic carbocycles. The summed E-state index contributed by atoms with van der Waals surface area (Å²) in [6.45, 7) is 0.220. The lowest BCUT2D eigenvalue weighted by atomic mass is 10.2. The van der Waals surface area contributed by atoms with Gasteiger partial charge in [0.15, 0.2) is 11.0 Å². The molecule has 0 saturated heterocycles. The first kappa shape index (κ1) is 11.5. The molecule has 4 N–H and O–H groups in total. The highest BCUT2D eigenvalue weighted by molar-refractivity contribution is 7.22. The van der Waals surface area contributed by atoms with Gasteiger partial charge in [-0.2, -0.15) is 5.21 Å². The second-order valence-electron chi connectivity index (χ2n) is 3.75. The molecule has 0 saturated carbocycles. The van der Waals surface area contributed by atoms with Gasteiger partial charge in [0.05, 0.1) is 16.8 Å². The second-order valence-corrected chi connectivity index (χ2v) is 4.81. The van der Waals surface area contributed by atoms with Crippen molar-refractivity contribution in [1.82, 2.24) is 30.9 Å². The number of rotatable bonds is 3. The van der Waals surface area contributed by atoms with Gasteiger partial charge in [-0.3, -0.25) is 4.79 Å². The van der Waals surface area contributed by atoms with Crippen LogP contribution in [0.15, 0.2) is 18.2 Å². The van der Waals surface area contributed by atoms with Crippen molar-refractivity contribution in [1.29, 1.82) is 0 Å². The van der Waals surface area contributed by atoms with Gasteiger partial charge < -0.3 is 11.1 Å². The number of aromatic nitrogens is 5. The molecule has 2 heterocycles. The van der Waals surface area contributed by atoms with Crippen LogP contribution in [0.3, 0.4) is 0 Å². The predicted molar refractivity (Wildman–Crippen MR) is 69.4 cm³/mol. The number of H-pyrrole nitrogens is 1. The fourth-order valence-corrected chi connectivity index (χ4v) is 2.38. The fraction of sp³-hybridized carbons (Fsp3) is 0.100. The Morgan fingerprint density at radius 3 is 3.16 bits per heavy atom. The zero-order chi connectivity index (χ0) is 13.2. The molecule has 8 nitrogen and oxygen atoms in total. The molecule has 3 aromatic rings. The number of fused-ring (bicyclic) bond motifs is 1. The molecule has 0 fully saturated rings. The Morgan fingerprint density at radius 2 is 2.37 bits per heavy atom. The summed E-state index contributed by atoms with van der Waals surface area (Å²) in [6.07, 6.45) is 0. The Labute approximate surface area is 111 Å². The number of nitrogen functional groups attached to an aromatic ring is 1. The molecule has 0 atom stereocenters. The number of hydrogen-bond acceptors (Lipinski definition) is 7. The lowest BCUT2D eigenvalue weighted by Crippen LogP contribution is -2.23. The van der Waals surface area contributed by atoms with Crippen molar-refractivity contribution in [2.75, 3.05) is 5.73 Å². The van der Waals surface area contributed by atoms with Gasteiger partial charge in [0.2, 0.25) is 0 Å². The van der Waals surface area contributed by atoms with Crippen LogP contribution >= 0.6 is 11.3 Å². The van der Waals surface area contributed by atoms with Gasteiger partial charge in [-0.05, 0) is 18.2 Å². The molecule has 19 heavy (non-hydrogen) atoms. The normalized spacial score (nSPS) is 10.7. The number of nitrogens with one attached hydrogen (secondary N) is 2. The first-order valence-electron chi connectivity index (χ1n) is 5.39. The Morgan fingerprint density at radius 1 is 1.47 bits per heavy atom. The van der Waals surface area contributed by atoms with Crippen molar-refractivity contribution in [3.63, 3.8) is 0 Å². The Balaban J connectivity index is 1.77. The number of nitrogens with zero attached hydrogens (tertiary/aromatic N) is 4. The van der Waals surface area contributed by atoms with E-state index in [1.54, 1.807) is 18.2 Å². The smallest absolute Gasteiger partial charge is 0.251 e. The highest BCUT2D eigenvalue weighted by atomic mass is 32.1. The van der Waals surface area contributed by atoms with Gasteiger partial charge in [-0.1, -0.05) is 16.6 Å². The van der Waals surface area contributed by atoms with Crippen LogP contribution in [0.5, 0.6) is 0 Å². The minimum atomic E-state index is -0.210. The third-order valence-electron chi connectivity index (χ3n) is 2.46. The molecule has 1 aromatic carbocycles. The maximum atomic E-state index is 11.9. The molecular formula is C10H9N7OS. The van der Waals surface area contributed by atoms with Crippen molar-refractivity contribution >= 4 is 32.6 Å². The van der Waals surface area contributed by atoms with E-state index in [1.165, 1.54) is 11.3 Å². The van der Waals surface area contributed by atoms with Crippen LogP contribution in [0.25, 0.3) is 10.2 Å². The standard InChI is InChI=1S/C10H9N7OS/c11-10-13-6-2-1-5(3-7(6)19-10)9(18)12-4-8-14-16-17-15-8/h1-3H,4H2,(H2,11,13)(H,12,18)(H,14,15,16,17). The summed E-state index contributed by atoms with van der Waals surface area (Å²) in [5, 5.41) is 16.4. The SMILES string of the molecule is Nc1nc2ccc(C(=O)NCc3nn[nH]n3)cc2s1. The average molecular weight is 275 g/mol. The van der Waals surface area contributed by atoms with Crippen LogP contribution in [0.4, 0.5) is 5.13 Å². The van der Waals surface area contributed by atoms with E-state index in [-0.39, 0.29) is 12.5 Å². The monoisotopic (exact) mass is 275 g/mol. The third kappa shape index (κ3) is 2.36. The largest absolute Gasteiger partial charge is 0.375 e. The number of carbonyl (C=O) groups is 1. The van der Waals surface area contributed by atoms with Crippen LogP contribution in [-0.2, 0) is 6.54 Å². The quantitative estimate of drug-likeness (QED) is 0.632. The summed E-state index contributed by atoms with van der Waals surface area (Å²) in [5.74, 6) is 0.218. The first-order valence-corrected chi connectivity index (χ1v) is 6.20. The number of tetrazole rings is 1. The summed E-state index contributed by atoms with van der Waals surface area (Å²) in [5.41, 5.74) is 6.95. The van der Waals surface area contributed by atoms with E-state index in [0.29, 0.717) is 16.5 Å². The third-order valence-corrected chi connectivity index (χ3v) is 3.31. The molecular weight excluding hydrogens is 266 g/mol. The summed E-state index contributed by atoms with van der Waals surface area (Å²) in [6, 6.07) is 5.23. The molecule has 0 spiro atoms. The molecule has 96 valence electrons. The topological polar surface area (TPSA) is 122 Å². The number of nitrogens with two attached hydrogens (primary N) is 1. The van der Waals surface area contributed by atoms with E-state index in [2.05, 4.69) is 30.9 Å². The van der Waals surface area contributed by atoms with Gasteiger partial charge in [0, 0.05) is 5.56 Å². The Bertz CT molecular complexity index is 721. The first-order chi connectivity index (χ1) is 9.22. The van der Waals surface area contributed by atoms with Crippen molar-refractivity contribution in [2.24, 2.45) is 0 Å². The number of anilines is 1.